The van der Waals surface area contributed by atoms with Crippen LogP contribution >= 0.6 is 0 Å². The second kappa shape index (κ2) is 9.06. The molecule has 1 aromatic carbocycles. The van der Waals surface area contributed by atoms with Gasteiger partial charge in [0.25, 0.3) is 0 Å². The van der Waals surface area contributed by atoms with Gasteiger partial charge in [0.1, 0.15) is 11.8 Å². The van der Waals surface area contributed by atoms with E-state index in [0.29, 0.717) is 25.4 Å². The number of amides is 2. The van der Waals surface area contributed by atoms with Crippen molar-refractivity contribution in [3.05, 3.63) is 29.8 Å². The molecule has 1 atom stereocenters. The number of hydrogen-bond acceptors (Lipinski definition) is 3. The van der Waals surface area contributed by atoms with E-state index in [0.717, 1.165) is 37.0 Å². The highest BCUT2D eigenvalue weighted by molar-refractivity contribution is 5.88. The Morgan fingerprint density at radius 3 is 2.50 bits per heavy atom. The summed E-state index contributed by atoms with van der Waals surface area (Å²) in [6, 6.07) is 7.83. The molecule has 2 amide bonds. The van der Waals surface area contributed by atoms with Crippen LogP contribution in [0.25, 0.3) is 0 Å². The molecule has 0 unspecified atom stereocenters. The van der Waals surface area contributed by atoms with Gasteiger partial charge in [-0.05, 0) is 49.8 Å². The van der Waals surface area contributed by atoms with Crippen LogP contribution in [0.5, 0.6) is 5.75 Å². The molecule has 1 heterocycles. The van der Waals surface area contributed by atoms with Gasteiger partial charge in [-0.15, -0.1) is 0 Å². The third-order valence-corrected chi connectivity index (χ3v) is 5.61. The fourth-order valence-electron chi connectivity index (χ4n) is 4.07. The number of carbonyl (C=O) groups is 2. The standard InChI is InChI=1S/C21H30N2O3/c1-26-18-12-9-16(10-13-18)11-14-20(24)23-15-5-8-19(23)21(25)22-17-6-3-2-4-7-17/h9-10,12-13,17,19H,2-8,11,14-15H2,1H3,(H,22,25)/t19-/m0/s1. The third kappa shape index (κ3) is 4.77. The quantitative estimate of drug-likeness (QED) is 0.850. The van der Waals surface area contributed by atoms with Crippen molar-refractivity contribution < 1.29 is 14.3 Å². The van der Waals surface area contributed by atoms with E-state index < -0.39 is 0 Å². The lowest BCUT2D eigenvalue weighted by atomic mass is 9.95. The lowest BCUT2D eigenvalue weighted by molar-refractivity contribution is -0.138. The summed E-state index contributed by atoms with van der Waals surface area (Å²) in [6.45, 7) is 0.699. The predicted octanol–water partition coefficient (Wildman–Crippen LogP) is 3.07. The zero-order chi connectivity index (χ0) is 18.4. The maximum absolute atomic E-state index is 12.7. The van der Waals surface area contributed by atoms with Crippen LogP contribution in [0.1, 0.15) is 56.9 Å². The van der Waals surface area contributed by atoms with E-state index in [9.17, 15) is 9.59 Å². The summed E-state index contributed by atoms with van der Waals surface area (Å²) < 4.78 is 5.16. The Morgan fingerprint density at radius 1 is 1.08 bits per heavy atom. The summed E-state index contributed by atoms with van der Waals surface area (Å²) in [6.07, 6.45) is 8.64. The van der Waals surface area contributed by atoms with Crippen molar-refractivity contribution >= 4 is 11.8 Å². The molecule has 1 saturated heterocycles. The van der Waals surface area contributed by atoms with Crippen LogP contribution in [0.3, 0.4) is 0 Å². The number of rotatable bonds is 6. The summed E-state index contributed by atoms with van der Waals surface area (Å²) in [5.41, 5.74) is 1.11. The van der Waals surface area contributed by atoms with Gasteiger partial charge in [0, 0.05) is 19.0 Å². The summed E-state index contributed by atoms with van der Waals surface area (Å²) in [4.78, 5) is 27.1. The molecule has 2 aliphatic rings. The second-order valence-electron chi connectivity index (χ2n) is 7.44. The molecule has 0 spiro atoms. The Labute approximate surface area is 156 Å². The molecule has 2 fully saturated rings. The van der Waals surface area contributed by atoms with Gasteiger partial charge in [0.15, 0.2) is 0 Å². The minimum absolute atomic E-state index is 0.0483. The molecule has 1 aromatic rings. The Hall–Kier alpha value is -2.04. The molecular weight excluding hydrogens is 328 g/mol. The van der Waals surface area contributed by atoms with Crippen LogP contribution in [0.15, 0.2) is 24.3 Å². The number of aryl methyl sites for hydroxylation is 1. The molecule has 5 nitrogen and oxygen atoms in total. The van der Waals surface area contributed by atoms with Crippen LogP contribution in [-0.2, 0) is 16.0 Å². The van der Waals surface area contributed by atoms with Gasteiger partial charge in [-0.2, -0.15) is 0 Å². The smallest absolute Gasteiger partial charge is 0.243 e. The van der Waals surface area contributed by atoms with Gasteiger partial charge in [-0.3, -0.25) is 9.59 Å². The molecule has 1 aliphatic carbocycles. The Bertz CT molecular complexity index is 608. The molecule has 1 aliphatic heterocycles. The first kappa shape index (κ1) is 18.7. The first-order valence-electron chi connectivity index (χ1n) is 9.90. The van der Waals surface area contributed by atoms with Crippen molar-refractivity contribution in [1.82, 2.24) is 10.2 Å². The molecule has 5 heteroatoms. The molecule has 26 heavy (non-hydrogen) atoms. The number of nitrogens with zero attached hydrogens (tertiary/aromatic N) is 1. The zero-order valence-corrected chi connectivity index (χ0v) is 15.7. The van der Waals surface area contributed by atoms with E-state index in [1.165, 1.54) is 19.3 Å². The zero-order valence-electron chi connectivity index (χ0n) is 15.7. The van der Waals surface area contributed by atoms with Gasteiger partial charge in [0.2, 0.25) is 11.8 Å². The summed E-state index contributed by atoms with van der Waals surface area (Å²) in [5, 5.41) is 3.19. The largest absolute Gasteiger partial charge is 0.497 e. The topological polar surface area (TPSA) is 58.6 Å². The molecular formula is C21H30N2O3. The minimum atomic E-state index is -0.278. The average molecular weight is 358 g/mol. The van der Waals surface area contributed by atoms with Crippen LogP contribution in [0.4, 0.5) is 0 Å². The number of benzene rings is 1. The van der Waals surface area contributed by atoms with Crippen molar-refractivity contribution in [1.29, 1.82) is 0 Å². The number of hydrogen-bond donors (Lipinski definition) is 1. The Balaban J connectivity index is 1.51. The SMILES string of the molecule is COc1ccc(CCC(=O)N2CCC[C@H]2C(=O)NC2CCCCC2)cc1. The van der Waals surface area contributed by atoms with E-state index in [4.69, 9.17) is 4.74 Å². The molecule has 1 N–H and O–H groups in total. The molecule has 0 bridgehead atoms. The van der Waals surface area contributed by atoms with Crippen LogP contribution in [0.2, 0.25) is 0 Å². The number of likely N-dealkylation sites (tertiary alicyclic amines) is 1. The fraction of sp³-hybridized carbons (Fsp3) is 0.619. The van der Waals surface area contributed by atoms with E-state index in [-0.39, 0.29) is 17.9 Å². The third-order valence-electron chi connectivity index (χ3n) is 5.61. The minimum Gasteiger partial charge on any atom is -0.497 e. The van der Waals surface area contributed by atoms with Gasteiger partial charge in [0.05, 0.1) is 7.11 Å². The summed E-state index contributed by atoms with van der Waals surface area (Å²) in [5.74, 6) is 0.952. The van der Waals surface area contributed by atoms with Crippen molar-refractivity contribution in [2.24, 2.45) is 0 Å². The number of methoxy groups -OCH3 is 1. The normalized spacial score (nSPS) is 20.8. The first-order valence-corrected chi connectivity index (χ1v) is 9.90. The first-order chi connectivity index (χ1) is 12.7. The van der Waals surface area contributed by atoms with Gasteiger partial charge < -0.3 is 15.0 Å². The van der Waals surface area contributed by atoms with Gasteiger partial charge >= 0.3 is 0 Å². The highest BCUT2D eigenvalue weighted by Gasteiger charge is 2.34. The lowest BCUT2D eigenvalue weighted by Gasteiger charge is -2.28. The monoisotopic (exact) mass is 358 g/mol. The number of ether oxygens (including phenoxy) is 1. The van der Waals surface area contributed by atoms with Crippen molar-refractivity contribution in [2.45, 2.75) is 69.9 Å². The molecule has 0 aromatic heterocycles. The van der Waals surface area contributed by atoms with Crippen LogP contribution in [-0.4, -0.2) is 42.5 Å². The highest BCUT2D eigenvalue weighted by Crippen LogP contribution is 2.22. The maximum Gasteiger partial charge on any atom is 0.243 e. The predicted molar refractivity (Wildman–Crippen MR) is 101 cm³/mol. The molecule has 1 saturated carbocycles. The van der Waals surface area contributed by atoms with Crippen LogP contribution in [0, 0.1) is 0 Å². The number of carbonyl (C=O) groups excluding carboxylic acids is 2. The second-order valence-corrected chi connectivity index (χ2v) is 7.44. The summed E-state index contributed by atoms with van der Waals surface area (Å²) in [7, 11) is 1.64. The molecule has 3 rings (SSSR count). The average Bonchev–Trinajstić information content (AvgIpc) is 3.17. The molecule has 142 valence electrons. The van der Waals surface area contributed by atoms with Crippen LogP contribution < -0.4 is 10.1 Å². The number of nitrogens with one attached hydrogen (secondary N) is 1. The Kier molecular flexibility index (Phi) is 6.53. The fourth-order valence-corrected chi connectivity index (χ4v) is 4.07. The van der Waals surface area contributed by atoms with Gasteiger partial charge in [-0.25, -0.2) is 0 Å². The van der Waals surface area contributed by atoms with E-state index in [1.807, 2.05) is 24.3 Å². The van der Waals surface area contributed by atoms with Crippen molar-refractivity contribution in [3.63, 3.8) is 0 Å². The van der Waals surface area contributed by atoms with Crippen molar-refractivity contribution in [3.8, 4) is 5.75 Å². The van der Waals surface area contributed by atoms with Gasteiger partial charge in [-0.1, -0.05) is 31.4 Å². The highest BCUT2D eigenvalue weighted by atomic mass is 16.5. The Morgan fingerprint density at radius 2 is 1.81 bits per heavy atom. The van der Waals surface area contributed by atoms with E-state index in [2.05, 4.69) is 5.32 Å². The van der Waals surface area contributed by atoms with E-state index >= 15 is 0 Å². The maximum atomic E-state index is 12.7. The van der Waals surface area contributed by atoms with Crippen molar-refractivity contribution in [2.75, 3.05) is 13.7 Å². The molecule has 0 radical (unpaired) electrons. The summed E-state index contributed by atoms with van der Waals surface area (Å²) >= 11 is 0. The lowest BCUT2D eigenvalue weighted by Crippen LogP contribution is -2.49. The van der Waals surface area contributed by atoms with E-state index in [1.54, 1.807) is 12.0 Å².